The Morgan fingerprint density at radius 3 is 2.32 bits per heavy atom. The fraction of sp³-hybridized carbons (Fsp3) is 0.0909. The highest BCUT2D eigenvalue weighted by molar-refractivity contribution is 14.1. The minimum Gasteiger partial charge on any atom is -0.406 e. The van der Waals surface area contributed by atoms with Gasteiger partial charge in [-0.3, -0.25) is 0 Å². The van der Waals surface area contributed by atoms with E-state index in [0.29, 0.717) is 20.8 Å². The third kappa shape index (κ3) is 3.69. The van der Waals surface area contributed by atoms with Crippen LogP contribution in [0.3, 0.4) is 0 Å². The molecule has 1 heterocycles. The SMILES string of the molecule is Nc1nc(-c2ccc(OC(F)(F)F)cc2)ncc1I. The molecule has 0 saturated carbocycles. The number of nitrogens with two attached hydrogens (primary N) is 1. The van der Waals surface area contributed by atoms with E-state index in [0.717, 1.165) is 0 Å². The van der Waals surface area contributed by atoms with Gasteiger partial charge in [0.05, 0.1) is 3.57 Å². The lowest BCUT2D eigenvalue weighted by molar-refractivity contribution is -0.274. The molecule has 0 bridgehead atoms. The zero-order chi connectivity index (χ0) is 14.0. The van der Waals surface area contributed by atoms with Crippen molar-refractivity contribution in [2.75, 3.05) is 5.73 Å². The maximum atomic E-state index is 12.0. The Kier molecular flexibility index (Phi) is 3.78. The maximum absolute atomic E-state index is 12.0. The summed E-state index contributed by atoms with van der Waals surface area (Å²) in [5.41, 5.74) is 6.19. The van der Waals surface area contributed by atoms with Gasteiger partial charge in [0.15, 0.2) is 5.82 Å². The summed E-state index contributed by atoms with van der Waals surface area (Å²) in [6.45, 7) is 0. The van der Waals surface area contributed by atoms with Crippen LogP contribution < -0.4 is 10.5 Å². The molecule has 8 heteroatoms. The predicted molar refractivity (Wildman–Crippen MR) is 71.3 cm³/mol. The summed E-state index contributed by atoms with van der Waals surface area (Å²) in [6, 6.07) is 5.26. The van der Waals surface area contributed by atoms with Gasteiger partial charge in [-0.1, -0.05) is 0 Å². The summed E-state index contributed by atoms with van der Waals surface area (Å²) >= 11 is 1.99. The van der Waals surface area contributed by atoms with Gasteiger partial charge in [0.25, 0.3) is 0 Å². The van der Waals surface area contributed by atoms with Crippen molar-refractivity contribution in [1.29, 1.82) is 0 Å². The number of nitrogens with zero attached hydrogens (tertiary/aromatic N) is 2. The highest BCUT2D eigenvalue weighted by atomic mass is 127. The molecule has 0 aliphatic carbocycles. The van der Waals surface area contributed by atoms with Crippen LogP contribution in [0.2, 0.25) is 0 Å². The third-order valence-electron chi connectivity index (χ3n) is 2.12. The van der Waals surface area contributed by atoms with Crippen LogP contribution in [0.1, 0.15) is 0 Å². The number of benzene rings is 1. The van der Waals surface area contributed by atoms with Crippen LogP contribution in [-0.4, -0.2) is 16.3 Å². The van der Waals surface area contributed by atoms with Crippen molar-refractivity contribution in [2.45, 2.75) is 6.36 Å². The molecule has 1 aromatic heterocycles. The Morgan fingerprint density at radius 1 is 1.16 bits per heavy atom. The summed E-state index contributed by atoms with van der Waals surface area (Å²) in [5, 5.41) is 0. The lowest BCUT2D eigenvalue weighted by Gasteiger charge is -2.09. The second kappa shape index (κ2) is 5.19. The van der Waals surface area contributed by atoms with Crippen LogP contribution in [0, 0.1) is 3.57 Å². The number of alkyl halides is 3. The topological polar surface area (TPSA) is 61.0 Å². The first kappa shape index (κ1) is 13.8. The van der Waals surface area contributed by atoms with Gasteiger partial charge in [0.1, 0.15) is 11.6 Å². The van der Waals surface area contributed by atoms with Gasteiger partial charge in [-0.2, -0.15) is 0 Å². The highest BCUT2D eigenvalue weighted by Gasteiger charge is 2.30. The smallest absolute Gasteiger partial charge is 0.406 e. The average Bonchev–Trinajstić information content (AvgIpc) is 2.32. The number of halogens is 4. The highest BCUT2D eigenvalue weighted by Crippen LogP contribution is 2.25. The van der Waals surface area contributed by atoms with Crippen molar-refractivity contribution >= 4 is 28.4 Å². The lowest BCUT2D eigenvalue weighted by atomic mass is 10.2. The van der Waals surface area contributed by atoms with Crippen LogP contribution in [0.25, 0.3) is 11.4 Å². The third-order valence-corrected chi connectivity index (χ3v) is 2.95. The molecule has 0 amide bonds. The summed E-state index contributed by atoms with van der Waals surface area (Å²) in [7, 11) is 0. The van der Waals surface area contributed by atoms with E-state index in [-0.39, 0.29) is 5.75 Å². The number of nitrogen functional groups attached to an aromatic ring is 1. The molecule has 0 fully saturated rings. The molecule has 2 rings (SSSR count). The van der Waals surface area contributed by atoms with Gasteiger partial charge in [0.2, 0.25) is 0 Å². The molecule has 19 heavy (non-hydrogen) atoms. The molecule has 0 aliphatic rings. The fourth-order valence-electron chi connectivity index (χ4n) is 1.33. The number of hydrogen-bond acceptors (Lipinski definition) is 4. The molecular weight excluding hydrogens is 374 g/mol. The lowest BCUT2D eigenvalue weighted by Crippen LogP contribution is -2.16. The van der Waals surface area contributed by atoms with Crippen molar-refractivity contribution in [3.63, 3.8) is 0 Å². The fourth-order valence-corrected chi connectivity index (χ4v) is 1.58. The van der Waals surface area contributed by atoms with Gasteiger partial charge in [-0.15, -0.1) is 13.2 Å². The van der Waals surface area contributed by atoms with Crippen LogP contribution in [0.15, 0.2) is 30.5 Å². The molecule has 2 aromatic rings. The monoisotopic (exact) mass is 381 g/mol. The van der Waals surface area contributed by atoms with Crippen molar-refractivity contribution < 1.29 is 17.9 Å². The Hall–Kier alpha value is -1.58. The molecular formula is C11H7F3IN3O. The maximum Gasteiger partial charge on any atom is 0.573 e. The summed E-state index contributed by atoms with van der Waals surface area (Å²) in [4.78, 5) is 8.10. The number of hydrogen-bond donors (Lipinski definition) is 1. The molecule has 2 N–H and O–H groups in total. The van der Waals surface area contributed by atoms with Crippen molar-refractivity contribution in [3.8, 4) is 17.1 Å². The van der Waals surface area contributed by atoms with Crippen LogP contribution in [0.5, 0.6) is 5.75 Å². The van der Waals surface area contributed by atoms with E-state index in [1.165, 1.54) is 24.3 Å². The number of rotatable bonds is 2. The van der Waals surface area contributed by atoms with E-state index in [4.69, 9.17) is 5.73 Å². The Balaban J connectivity index is 2.25. The predicted octanol–water partition coefficient (Wildman–Crippen LogP) is 3.23. The molecule has 0 radical (unpaired) electrons. The normalized spacial score (nSPS) is 11.4. The molecule has 1 aromatic carbocycles. The van der Waals surface area contributed by atoms with Gasteiger partial charge >= 0.3 is 6.36 Å². The first-order valence-electron chi connectivity index (χ1n) is 4.99. The zero-order valence-electron chi connectivity index (χ0n) is 9.28. The van der Waals surface area contributed by atoms with E-state index < -0.39 is 6.36 Å². The second-order valence-corrected chi connectivity index (χ2v) is 4.66. The van der Waals surface area contributed by atoms with E-state index in [2.05, 4.69) is 14.7 Å². The first-order chi connectivity index (χ1) is 8.85. The van der Waals surface area contributed by atoms with Crippen LogP contribution in [0.4, 0.5) is 19.0 Å². The largest absolute Gasteiger partial charge is 0.573 e. The molecule has 0 unspecified atom stereocenters. The molecule has 100 valence electrons. The molecule has 0 atom stereocenters. The second-order valence-electron chi connectivity index (χ2n) is 3.50. The Labute approximate surface area is 120 Å². The summed E-state index contributed by atoms with van der Waals surface area (Å²) in [5.74, 6) is 0.368. The number of anilines is 1. The van der Waals surface area contributed by atoms with Crippen molar-refractivity contribution in [1.82, 2.24) is 9.97 Å². The summed E-state index contributed by atoms with van der Waals surface area (Å²) in [6.07, 6.45) is -3.16. The Morgan fingerprint density at radius 2 is 1.79 bits per heavy atom. The standard InChI is InChI=1S/C11H7F3IN3O/c12-11(13,14)19-7-3-1-6(2-4-7)10-17-5-8(15)9(16)18-10/h1-5H,(H2,16,17,18). The molecule has 4 nitrogen and oxygen atoms in total. The minimum atomic E-state index is -4.70. The Bertz CT molecular complexity index is 587. The van der Waals surface area contributed by atoms with Crippen LogP contribution in [-0.2, 0) is 0 Å². The van der Waals surface area contributed by atoms with Crippen LogP contribution >= 0.6 is 22.6 Å². The van der Waals surface area contributed by atoms with Gasteiger partial charge in [0, 0.05) is 11.8 Å². The zero-order valence-corrected chi connectivity index (χ0v) is 11.4. The molecule has 0 spiro atoms. The first-order valence-corrected chi connectivity index (χ1v) is 6.07. The van der Waals surface area contributed by atoms with Crippen molar-refractivity contribution in [3.05, 3.63) is 34.0 Å². The van der Waals surface area contributed by atoms with E-state index >= 15 is 0 Å². The van der Waals surface area contributed by atoms with Gasteiger partial charge in [-0.25, -0.2) is 9.97 Å². The number of ether oxygens (including phenoxy) is 1. The van der Waals surface area contributed by atoms with Crippen molar-refractivity contribution in [2.24, 2.45) is 0 Å². The van der Waals surface area contributed by atoms with E-state index in [1.54, 1.807) is 6.20 Å². The van der Waals surface area contributed by atoms with Gasteiger partial charge < -0.3 is 10.5 Å². The van der Waals surface area contributed by atoms with E-state index in [1.807, 2.05) is 22.6 Å². The molecule has 0 aliphatic heterocycles. The molecule has 0 saturated heterocycles. The van der Waals surface area contributed by atoms with Gasteiger partial charge in [-0.05, 0) is 46.9 Å². The summed E-state index contributed by atoms with van der Waals surface area (Å²) < 4.78 is 40.5. The minimum absolute atomic E-state index is 0.297. The van der Waals surface area contributed by atoms with E-state index in [9.17, 15) is 13.2 Å². The number of aromatic nitrogens is 2. The average molecular weight is 381 g/mol. The quantitative estimate of drug-likeness (QED) is 0.812.